The molecular weight excluding hydrogens is 266 g/mol. The summed E-state index contributed by atoms with van der Waals surface area (Å²) in [7, 11) is 0. The SMILES string of the molecule is Cc1c(N=[N+]=[N-])c(N=[N+]=[N-])cc2nc3ccccc3cc12. The smallest absolute Gasteiger partial charge is 0.0717 e. The zero-order valence-electron chi connectivity index (χ0n) is 11.1. The molecular formula is C14H9N7. The number of aryl methyl sites for hydroxylation is 1. The van der Waals surface area contributed by atoms with E-state index in [0.717, 1.165) is 21.9 Å². The van der Waals surface area contributed by atoms with E-state index >= 15 is 0 Å². The maximum Gasteiger partial charge on any atom is 0.0717 e. The summed E-state index contributed by atoms with van der Waals surface area (Å²) in [5, 5.41) is 9.10. The van der Waals surface area contributed by atoms with Crippen LogP contribution in [-0.4, -0.2) is 4.98 Å². The van der Waals surface area contributed by atoms with Crippen LogP contribution in [0.4, 0.5) is 11.4 Å². The summed E-state index contributed by atoms with van der Waals surface area (Å²) in [6, 6.07) is 11.4. The Morgan fingerprint density at radius 3 is 2.52 bits per heavy atom. The Morgan fingerprint density at radius 2 is 1.76 bits per heavy atom. The second-order valence-corrected chi connectivity index (χ2v) is 4.50. The third kappa shape index (κ3) is 2.08. The van der Waals surface area contributed by atoms with Crippen molar-refractivity contribution in [1.82, 2.24) is 4.98 Å². The summed E-state index contributed by atoms with van der Waals surface area (Å²) in [5.41, 5.74) is 20.2. The van der Waals surface area contributed by atoms with E-state index in [1.54, 1.807) is 6.07 Å². The van der Waals surface area contributed by atoms with Crippen molar-refractivity contribution in [2.45, 2.75) is 6.92 Å². The summed E-state index contributed by atoms with van der Waals surface area (Å²) in [5.74, 6) is 0. The van der Waals surface area contributed by atoms with Crippen LogP contribution in [0.1, 0.15) is 5.56 Å². The maximum atomic E-state index is 8.69. The second kappa shape index (κ2) is 5.02. The van der Waals surface area contributed by atoms with Gasteiger partial charge in [-0.1, -0.05) is 28.4 Å². The lowest BCUT2D eigenvalue weighted by molar-refractivity contribution is 1.35. The molecule has 100 valence electrons. The highest BCUT2D eigenvalue weighted by Gasteiger charge is 2.10. The van der Waals surface area contributed by atoms with Crippen LogP contribution in [0.5, 0.6) is 0 Å². The van der Waals surface area contributed by atoms with E-state index in [-0.39, 0.29) is 5.69 Å². The van der Waals surface area contributed by atoms with Crippen LogP contribution >= 0.6 is 0 Å². The summed E-state index contributed by atoms with van der Waals surface area (Å²) in [6.07, 6.45) is 0. The molecule has 3 rings (SSSR count). The van der Waals surface area contributed by atoms with Gasteiger partial charge in [-0.05, 0) is 41.7 Å². The van der Waals surface area contributed by atoms with Crippen LogP contribution in [0, 0.1) is 6.92 Å². The first kappa shape index (κ1) is 12.7. The summed E-state index contributed by atoms with van der Waals surface area (Å²) >= 11 is 0. The highest BCUT2D eigenvalue weighted by atomic mass is 15.2. The van der Waals surface area contributed by atoms with Crippen molar-refractivity contribution in [3.05, 3.63) is 62.8 Å². The zero-order chi connectivity index (χ0) is 14.8. The number of azide groups is 2. The Hall–Kier alpha value is -3.27. The number of hydrogen-bond donors (Lipinski definition) is 0. The molecule has 0 unspecified atom stereocenters. The molecule has 0 N–H and O–H groups in total. The average Bonchev–Trinajstić information content (AvgIpc) is 2.50. The fourth-order valence-corrected chi connectivity index (χ4v) is 2.35. The van der Waals surface area contributed by atoms with Gasteiger partial charge in [-0.3, -0.25) is 0 Å². The number of para-hydroxylation sites is 1. The molecule has 0 aliphatic rings. The lowest BCUT2D eigenvalue weighted by atomic mass is 10.0. The van der Waals surface area contributed by atoms with Gasteiger partial charge in [0, 0.05) is 26.3 Å². The van der Waals surface area contributed by atoms with E-state index < -0.39 is 0 Å². The number of pyridine rings is 1. The average molecular weight is 275 g/mol. The predicted octanol–water partition coefficient (Wildman–Crippen LogP) is 5.58. The summed E-state index contributed by atoms with van der Waals surface area (Å²) < 4.78 is 0. The first-order valence-corrected chi connectivity index (χ1v) is 6.18. The van der Waals surface area contributed by atoms with Crippen molar-refractivity contribution in [3.63, 3.8) is 0 Å². The molecule has 0 fully saturated rings. The molecule has 7 nitrogen and oxygen atoms in total. The molecule has 0 amide bonds. The molecule has 0 radical (unpaired) electrons. The van der Waals surface area contributed by atoms with Crippen molar-refractivity contribution >= 4 is 33.2 Å². The lowest BCUT2D eigenvalue weighted by Gasteiger charge is -2.09. The van der Waals surface area contributed by atoms with Crippen LogP contribution in [0.15, 0.2) is 46.6 Å². The number of benzene rings is 2. The van der Waals surface area contributed by atoms with Gasteiger partial charge in [0.05, 0.1) is 16.7 Å². The standard InChI is InChI=1S/C14H9N7/c1-8-10-6-9-4-2-3-5-11(9)17-12(10)7-13(18-20-15)14(8)19-21-16/h2-7H,1H3. The Bertz CT molecular complexity index is 964. The third-order valence-corrected chi connectivity index (χ3v) is 3.33. The molecule has 0 spiro atoms. The van der Waals surface area contributed by atoms with Crippen molar-refractivity contribution in [1.29, 1.82) is 0 Å². The van der Waals surface area contributed by atoms with E-state index in [1.165, 1.54) is 0 Å². The second-order valence-electron chi connectivity index (χ2n) is 4.50. The number of aromatic nitrogens is 1. The largest absolute Gasteiger partial charge is 0.248 e. The number of hydrogen-bond acceptors (Lipinski definition) is 3. The molecule has 21 heavy (non-hydrogen) atoms. The molecule has 0 aliphatic heterocycles. The van der Waals surface area contributed by atoms with E-state index in [2.05, 4.69) is 25.0 Å². The maximum absolute atomic E-state index is 8.69. The van der Waals surface area contributed by atoms with Crippen LogP contribution < -0.4 is 0 Å². The molecule has 0 bridgehead atoms. The van der Waals surface area contributed by atoms with Gasteiger partial charge in [0.25, 0.3) is 0 Å². The molecule has 1 aromatic heterocycles. The normalized spacial score (nSPS) is 10.1. The van der Waals surface area contributed by atoms with E-state index in [1.807, 2.05) is 37.3 Å². The molecule has 0 saturated carbocycles. The minimum absolute atomic E-state index is 0.281. The minimum Gasteiger partial charge on any atom is -0.248 e. The topological polar surface area (TPSA) is 110 Å². The van der Waals surface area contributed by atoms with Crippen molar-refractivity contribution in [2.75, 3.05) is 0 Å². The molecule has 0 aliphatic carbocycles. The van der Waals surface area contributed by atoms with Crippen molar-refractivity contribution in [2.24, 2.45) is 10.2 Å². The summed E-state index contributed by atoms with van der Waals surface area (Å²) in [6.45, 7) is 1.82. The van der Waals surface area contributed by atoms with Gasteiger partial charge in [0.2, 0.25) is 0 Å². The molecule has 2 aromatic carbocycles. The molecule has 3 aromatic rings. The van der Waals surface area contributed by atoms with Gasteiger partial charge in [0.1, 0.15) is 0 Å². The van der Waals surface area contributed by atoms with Gasteiger partial charge in [-0.15, -0.1) is 0 Å². The van der Waals surface area contributed by atoms with E-state index in [9.17, 15) is 0 Å². The molecule has 7 heteroatoms. The lowest BCUT2D eigenvalue weighted by Crippen LogP contribution is -1.86. The van der Waals surface area contributed by atoms with Crippen LogP contribution in [0.2, 0.25) is 0 Å². The first-order valence-electron chi connectivity index (χ1n) is 6.18. The first-order chi connectivity index (χ1) is 10.2. The fraction of sp³-hybridized carbons (Fsp3) is 0.0714. The van der Waals surface area contributed by atoms with E-state index in [0.29, 0.717) is 11.2 Å². The third-order valence-electron chi connectivity index (χ3n) is 3.33. The minimum atomic E-state index is 0.281. The van der Waals surface area contributed by atoms with Crippen molar-refractivity contribution < 1.29 is 0 Å². The molecule has 1 heterocycles. The van der Waals surface area contributed by atoms with Crippen molar-refractivity contribution in [3.8, 4) is 0 Å². The highest BCUT2D eigenvalue weighted by molar-refractivity contribution is 5.98. The Kier molecular flexibility index (Phi) is 3.04. The summed E-state index contributed by atoms with van der Waals surface area (Å²) in [4.78, 5) is 10.1. The Balaban J connectivity index is 2.49. The van der Waals surface area contributed by atoms with Gasteiger partial charge in [-0.25, -0.2) is 4.98 Å². The quantitative estimate of drug-likeness (QED) is 0.258. The zero-order valence-corrected chi connectivity index (χ0v) is 11.1. The van der Waals surface area contributed by atoms with E-state index in [4.69, 9.17) is 11.1 Å². The number of fused-ring (bicyclic) bond motifs is 2. The predicted molar refractivity (Wildman–Crippen MR) is 81.6 cm³/mol. The number of rotatable bonds is 2. The van der Waals surface area contributed by atoms with Gasteiger partial charge in [-0.2, -0.15) is 0 Å². The van der Waals surface area contributed by atoms with Crippen LogP contribution in [0.3, 0.4) is 0 Å². The monoisotopic (exact) mass is 275 g/mol. The van der Waals surface area contributed by atoms with Gasteiger partial charge in [0.15, 0.2) is 0 Å². The Labute approximate surface area is 119 Å². The Morgan fingerprint density at radius 1 is 1.00 bits per heavy atom. The molecule has 0 atom stereocenters. The van der Waals surface area contributed by atoms with Gasteiger partial charge < -0.3 is 0 Å². The number of nitrogens with zero attached hydrogens (tertiary/aromatic N) is 7. The van der Waals surface area contributed by atoms with Gasteiger partial charge >= 0.3 is 0 Å². The van der Waals surface area contributed by atoms with Crippen LogP contribution in [-0.2, 0) is 0 Å². The fourth-order valence-electron chi connectivity index (χ4n) is 2.35. The highest BCUT2D eigenvalue weighted by Crippen LogP contribution is 2.38. The van der Waals surface area contributed by atoms with Crippen LogP contribution in [0.25, 0.3) is 42.7 Å². The molecule has 0 saturated heterocycles.